The van der Waals surface area contributed by atoms with E-state index >= 15 is 0 Å². The Morgan fingerprint density at radius 1 is 1.39 bits per heavy atom. The summed E-state index contributed by atoms with van der Waals surface area (Å²) in [5.41, 5.74) is -0.216. The van der Waals surface area contributed by atoms with E-state index in [0.717, 1.165) is 18.9 Å². The predicted molar refractivity (Wildman–Crippen MR) is 75.9 cm³/mol. The van der Waals surface area contributed by atoms with E-state index in [2.05, 4.69) is 15.4 Å². The second-order valence-corrected chi connectivity index (χ2v) is 5.72. The van der Waals surface area contributed by atoms with Gasteiger partial charge in [0, 0.05) is 30.4 Å². The molecule has 0 radical (unpaired) electrons. The number of alkyl halides is 3. The molecule has 0 bridgehead atoms. The largest absolute Gasteiger partial charge is 0.417 e. The first-order chi connectivity index (χ1) is 10.8. The van der Waals surface area contributed by atoms with Crippen LogP contribution >= 0.6 is 11.6 Å². The number of halogens is 4. The predicted octanol–water partition coefficient (Wildman–Crippen LogP) is 2.97. The normalized spacial score (nSPS) is 14.8. The fourth-order valence-corrected chi connectivity index (χ4v) is 2.25. The maximum Gasteiger partial charge on any atom is 0.417 e. The highest BCUT2D eigenvalue weighted by Crippen LogP contribution is 2.32. The molecule has 0 aromatic carbocycles. The summed E-state index contributed by atoms with van der Waals surface area (Å²) < 4.78 is 39.1. The molecule has 0 aliphatic heterocycles. The van der Waals surface area contributed by atoms with Crippen LogP contribution in [0, 0.1) is 5.92 Å². The smallest absolute Gasteiger partial charge is 0.352 e. The molecule has 1 saturated carbocycles. The van der Waals surface area contributed by atoms with Crippen molar-refractivity contribution in [3.05, 3.63) is 40.8 Å². The molecular formula is C14H12ClF3N4O. The van der Waals surface area contributed by atoms with Gasteiger partial charge in [0.05, 0.1) is 16.8 Å². The van der Waals surface area contributed by atoms with E-state index in [1.807, 2.05) is 0 Å². The van der Waals surface area contributed by atoms with Gasteiger partial charge in [0.1, 0.15) is 0 Å². The van der Waals surface area contributed by atoms with Crippen LogP contribution in [0.5, 0.6) is 0 Å². The summed E-state index contributed by atoms with van der Waals surface area (Å²) in [5.74, 6) is 0.207. The van der Waals surface area contributed by atoms with Gasteiger partial charge in [-0.3, -0.25) is 4.79 Å². The minimum atomic E-state index is -4.50. The first-order valence-electron chi connectivity index (χ1n) is 6.89. The lowest BCUT2D eigenvalue weighted by atomic mass is 10.3. The fourth-order valence-electron chi connectivity index (χ4n) is 2.00. The number of amides is 1. The minimum absolute atomic E-state index is 0.00318. The maximum absolute atomic E-state index is 12.6. The first kappa shape index (κ1) is 15.8. The van der Waals surface area contributed by atoms with Crippen LogP contribution in [0.25, 0.3) is 5.82 Å². The topological polar surface area (TPSA) is 59.8 Å². The van der Waals surface area contributed by atoms with Crippen LogP contribution in [0.1, 0.15) is 24.0 Å². The lowest BCUT2D eigenvalue weighted by Gasteiger charge is -2.08. The molecule has 0 spiro atoms. The molecule has 0 saturated heterocycles. The highest BCUT2D eigenvalue weighted by atomic mass is 35.5. The Hall–Kier alpha value is -2.09. The van der Waals surface area contributed by atoms with Crippen molar-refractivity contribution in [2.45, 2.75) is 25.6 Å². The Balaban J connectivity index is 1.73. The van der Waals surface area contributed by atoms with Crippen molar-refractivity contribution < 1.29 is 18.0 Å². The van der Waals surface area contributed by atoms with E-state index in [-0.39, 0.29) is 22.7 Å². The molecule has 1 fully saturated rings. The summed E-state index contributed by atoms with van der Waals surface area (Å²) >= 11 is 5.86. The van der Waals surface area contributed by atoms with E-state index < -0.39 is 11.7 Å². The molecule has 1 N–H and O–H groups in total. The van der Waals surface area contributed by atoms with E-state index in [9.17, 15) is 18.0 Å². The minimum Gasteiger partial charge on any atom is -0.352 e. The summed E-state index contributed by atoms with van der Waals surface area (Å²) in [6.45, 7) is 0.299. The second-order valence-electron chi connectivity index (χ2n) is 5.31. The maximum atomic E-state index is 12.6. The molecule has 122 valence electrons. The first-order valence-corrected chi connectivity index (χ1v) is 7.27. The molecule has 23 heavy (non-hydrogen) atoms. The summed E-state index contributed by atoms with van der Waals surface area (Å²) in [5, 5.41) is 6.63. The number of nitrogens with one attached hydrogen (secondary N) is 1. The Bertz CT molecular complexity index is 740. The summed E-state index contributed by atoms with van der Waals surface area (Å²) in [4.78, 5) is 15.3. The molecule has 0 unspecified atom stereocenters. The zero-order valence-corrected chi connectivity index (χ0v) is 12.5. The number of hydrogen-bond acceptors (Lipinski definition) is 3. The number of rotatable bonds is 4. The van der Waals surface area contributed by atoms with E-state index in [1.54, 1.807) is 6.20 Å². The Morgan fingerprint density at radius 3 is 2.74 bits per heavy atom. The number of hydrogen-bond donors (Lipinski definition) is 1. The quantitative estimate of drug-likeness (QED) is 0.927. The van der Waals surface area contributed by atoms with Crippen LogP contribution in [0.2, 0.25) is 5.02 Å². The molecule has 1 aliphatic carbocycles. The van der Waals surface area contributed by atoms with Crippen LogP contribution in [0.4, 0.5) is 13.2 Å². The monoisotopic (exact) mass is 344 g/mol. The Labute approximate surface area is 134 Å². The molecule has 1 aliphatic rings. The van der Waals surface area contributed by atoms with E-state index in [4.69, 9.17) is 11.6 Å². The van der Waals surface area contributed by atoms with Gasteiger partial charge in [0.15, 0.2) is 5.82 Å². The number of carbonyl (C=O) groups excluding carboxylic acids is 1. The highest BCUT2D eigenvalue weighted by Gasteiger charge is 2.32. The van der Waals surface area contributed by atoms with Gasteiger partial charge in [-0.25, -0.2) is 9.67 Å². The SMILES string of the molecule is O=C(NCc1cnn(-c2ncc(C(F)(F)F)cc2Cl)c1)C1CC1. The van der Waals surface area contributed by atoms with E-state index in [0.29, 0.717) is 18.3 Å². The lowest BCUT2D eigenvalue weighted by Crippen LogP contribution is -2.23. The molecule has 0 atom stereocenters. The third kappa shape index (κ3) is 3.64. The van der Waals surface area contributed by atoms with Gasteiger partial charge < -0.3 is 5.32 Å². The standard InChI is InChI=1S/C14H12ClF3N4O/c15-11-3-10(14(16,17)18)6-19-12(11)22-7-8(5-21-22)4-20-13(23)9-1-2-9/h3,5-7,9H,1-2,4H2,(H,20,23). The van der Waals surface area contributed by atoms with Gasteiger partial charge in [-0.05, 0) is 18.9 Å². The van der Waals surface area contributed by atoms with Gasteiger partial charge in [-0.15, -0.1) is 0 Å². The lowest BCUT2D eigenvalue weighted by molar-refractivity contribution is -0.137. The number of aromatic nitrogens is 3. The van der Waals surface area contributed by atoms with Crippen LogP contribution in [-0.2, 0) is 17.5 Å². The van der Waals surface area contributed by atoms with Gasteiger partial charge in [-0.1, -0.05) is 11.6 Å². The molecular weight excluding hydrogens is 333 g/mol. The zero-order valence-electron chi connectivity index (χ0n) is 11.8. The summed E-state index contributed by atoms with van der Waals surface area (Å²) in [7, 11) is 0. The number of nitrogens with zero attached hydrogens (tertiary/aromatic N) is 3. The third-order valence-corrected chi connectivity index (χ3v) is 3.70. The molecule has 2 heterocycles. The van der Waals surface area contributed by atoms with Crippen LogP contribution in [0.3, 0.4) is 0 Å². The Morgan fingerprint density at radius 2 is 2.13 bits per heavy atom. The Kier molecular flexibility index (Phi) is 4.01. The summed E-state index contributed by atoms with van der Waals surface area (Å²) in [6, 6.07) is 0.806. The zero-order chi connectivity index (χ0) is 16.6. The van der Waals surface area contributed by atoms with Gasteiger partial charge in [0.2, 0.25) is 5.91 Å². The highest BCUT2D eigenvalue weighted by molar-refractivity contribution is 6.32. The van der Waals surface area contributed by atoms with Gasteiger partial charge >= 0.3 is 6.18 Å². The van der Waals surface area contributed by atoms with Crippen molar-refractivity contribution in [3.8, 4) is 5.82 Å². The number of pyridine rings is 1. The van der Waals surface area contributed by atoms with Crippen LogP contribution in [-0.4, -0.2) is 20.7 Å². The molecule has 5 nitrogen and oxygen atoms in total. The van der Waals surface area contributed by atoms with Crippen LogP contribution in [0.15, 0.2) is 24.7 Å². The van der Waals surface area contributed by atoms with Crippen molar-refractivity contribution in [2.75, 3.05) is 0 Å². The van der Waals surface area contributed by atoms with E-state index in [1.165, 1.54) is 10.9 Å². The van der Waals surface area contributed by atoms with Crippen LogP contribution < -0.4 is 5.32 Å². The van der Waals surface area contributed by atoms with Crippen molar-refractivity contribution in [1.29, 1.82) is 0 Å². The average molecular weight is 345 g/mol. The molecule has 2 aromatic heterocycles. The van der Waals surface area contributed by atoms with Gasteiger partial charge in [-0.2, -0.15) is 18.3 Å². The molecule has 1 amide bonds. The van der Waals surface area contributed by atoms with Gasteiger partial charge in [0.25, 0.3) is 0 Å². The van der Waals surface area contributed by atoms with Crippen molar-refractivity contribution >= 4 is 17.5 Å². The summed E-state index contributed by atoms with van der Waals surface area (Å²) in [6.07, 6.45) is 1.10. The number of carbonyl (C=O) groups is 1. The van der Waals surface area contributed by atoms with Crippen molar-refractivity contribution in [2.24, 2.45) is 5.92 Å². The molecule has 9 heteroatoms. The van der Waals surface area contributed by atoms with Crippen molar-refractivity contribution in [1.82, 2.24) is 20.1 Å². The fraction of sp³-hybridized carbons (Fsp3) is 0.357. The third-order valence-electron chi connectivity index (χ3n) is 3.42. The molecule has 3 rings (SSSR count). The molecule has 2 aromatic rings. The second kappa shape index (κ2) is 5.84. The van der Waals surface area contributed by atoms with Crippen molar-refractivity contribution in [3.63, 3.8) is 0 Å². The average Bonchev–Trinajstić information content (AvgIpc) is 3.23.